The van der Waals surface area contributed by atoms with Gasteiger partial charge in [-0.1, -0.05) is 42.1 Å². The predicted molar refractivity (Wildman–Crippen MR) is 132 cm³/mol. The molecule has 174 valence electrons. The van der Waals surface area contributed by atoms with Crippen LogP contribution >= 0.6 is 11.8 Å². The van der Waals surface area contributed by atoms with E-state index in [1.807, 2.05) is 47.6 Å². The predicted octanol–water partition coefficient (Wildman–Crippen LogP) is 4.96. The molecule has 34 heavy (non-hydrogen) atoms. The molecule has 8 heteroatoms. The van der Waals surface area contributed by atoms with E-state index in [-0.39, 0.29) is 24.1 Å². The number of nitrogens with one attached hydrogen (secondary N) is 2. The lowest BCUT2D eigenvalue weighted by Gasteiger charge is -2.36. The number of amides is 2. The number of fused-ring (bicyclic) bond motifs is 1. The molecule has 1 aliphatic carbocycles. The maximum Gasteiger partial charge on any atom is 0.255 e. The highest BCUT2D eigenvalue weighted by atomic mass is 32.2. The van der Waals surface area contributed by atoms with Gasteiger partial charge in [0.1, 0.15) is 5.82 Å². The topological polar surface area (TPSA) is 73.8 Å². The van der Waals surface area contributed by atoms with Gasteiger partial charge in [-0.15, -0.1) is 0 Å². The lowest BCUT2D eigenvalue weighted by atomic mass is 9.93. The molecular weight excluding hydrogens is 451 g/mol. The second kappa shape index (κ2) is 9.46. The Bertz CT molecular complexity index is 1200. The third kappa shape index (κ3) is 4.77. The van der Waals surface area contributed by atoms with Crippen LogP contribution in [0.2, 0.25) is 0 Å². The van der Waals surface area contributed by atoms with Gasteiger partial charge in [-0.2, -0.15) is 0 Å². The number of halogens is 1. The lowest BCUT2D eigenvalue weighted by molar-refractivity contribution is -0.120. The third-order valence-corrected chi connectivity index (χ3v) is 6.98. The minimum absolute atomic E-state index is 0.0561. The maximum atomic E-state index is 13.7. The smallest absolute Gasteiger partial charge is 0.255 e. The summed E-state index contributed by atoms with van der Waals surface area (Å²) in [6, 6.07) is 14.8. The Hall–Kier alpha value is -3.39. The molecule has 2 aromatic carbocycles. The van der Waals surface area contributed by atoms with Crippen LogP contribution in [0, 0.1) is 11.7 Å². The Kier molecular flexibility index (Phi) is 6.24. The first kappa shape index (κ1) is 22.4. The summed E-state index contributed by atoms with van der Waals surface area (Å²) in [5, 5.41) is 8.58. The van der Waals surface area contributed by atoms with Crippen LogP contribution in [0.3, 0.4) is 0 Å². The van der Waals surface area contributed by atoms with Crippen molar-refractivity contribution in [3.05, 3.63) is 88.4 Å². The average Bonchev–Trinajstić information content (AvgIpc) is 3.58. The summed E-state index contributed by atoms with van der Waals surface area (Å²) in [5.41, 5.74) is 3.24. The van der Waals surface area contributed by atoms with Crippen LogP contribution in [-0.2, 0) is 9.59 Å². The molecule has 0 bridgehead atoms. The Labute approximate surface area is 202 Å². The van der Waals surface area contributed by atoms with E-state index >= 15 is 0 Å². The van der Waals surface area contributed by atoms with Gasteiger partial charge in [0.05, 0.1) is 23.7 Å². The van der Waals surface area contributed by atoms with E-state index in [0.717, 1.165) is 11.3 Å². The van der Waals surface area contributed by atoms with Crippen LogP contribution in [0.25, 0.3) is 0 Å². The summed E-state index contributed by atoms with van der Waals surface area (Å²) in [7, 11) is 0. The second-order valence-corrected chi connectivity index (χ2v) is 9.53. The number of allylic oxidation sites excluding steroid dienone is 1. The maximum absolute atomic E-state index is 13.7. The summed E-state index contributed by atoms with van der Waals surface area (Å²) in [6.45, 7) is 2.51. The molecule has 0 radical (unpaired) electrons. The number of hydrogen-bond donors (Lipinski definition) is 2. The monoisotopic (exact) mass is 476 g/mol. The van der Waals surface area contributed by atoms with Gasteiger partial charge < -0.3 is 15.5 Å². The largest absolute Gasteiger partial charge is 0.355 e. The van der Waals surface area contributed by atoms with Crippen molar-refractivity contribution in [1.29, 1.82) is 0 Å². The molecule has 0 spiro atoms. The van der Waals surface area contributed by atoms with Crippen molar-refractivity contribution in [2.75, 3.05) is 11.9 Å². The Morgan fingerprint density at radius 3 is 2.56 bits per heavy atom. The van der Waals surface area contributed by atoms with Gasteiger partial charge >= 0.3 is 0 Å². The van der Waals surface area contributed by atoms with E-state index in [4.69, 9.17) is 0 Å². The quantitative estimate of drug-likeness (QED) is 0.593. The van der Waals surface area contributed by atoms with Gasteiger partial charge in [0.15, 0.2) is 5.17 Å². The molecule has 2 aromatic rings. The first-order valence-corrected chi connectivity index (χ1v) is 12.2. The summed E-state index contributed by atoms with van der Waals surface area (Å²) < 4.78 is 13.7. The third-order valence-electron chi connectivity index (χ3n) is 6.09. The number of rotatable bonds is 7. The minimum atomic E-state index is -0.533. The highest BCUT2D eigenvalue weighted by molar-refractivity contribution is 8.16. The zero-order valence-corrected chi connectivity index (χ0v) is 19.6. The van der Waals surface area contributed by atoms with Gasteiger partial charge in [0.25, 0.3) is 5.91 Å². The number of para-hydroxylation sites is 1. The number of amidine groups is 1. The molecule has 2 heterocycles. The summed E-state index contributed by atoms with van der Waals surface area (Å²) in [6.07, 6.45) is 2.51. The van der Waals surface area contributed by atoms with E-state index < -0.39 is 6.04 Å². The number of hydrogen-bond acceptors (Lipinski definition) is 5. The summed E-state index contributed by atoms with van der Waals surface area (Å²) in [4.78, 5) is 32.8. The van der Waals surface area contributed by atoms with Crippen LogP contribution in [0.1, 0.15) is 37.8 Å². The fourth-order valence-corrected chi connectivity index (χ4v) is 5.11. The molecule has 1 atom stereocenters. The minimum Gasteiger partial charge on any atom is -0.355 e. The Morgan fingerprint density at radius 2 is 1.85 bits per heavy atom. The molecule has 0 saturated heterocycles. The van der Waals surface area contributed by atoms with Gasteiger partial charge in [-0.3, -0.25) is 9.59 Å². The van der Waals surface area contributed by atoms with Crippen LogP contribution in [0.4, 0.5) is 10.1 Å². The Balaban J connectivity index is 1.47. The molecule has 2 aliphatic heterocycles. The summed E-state index contributed by atoms with van der Waals surface area (Å²) in [5.74, 6) is -0.0982. The number of thioether (sulfide) groups is 1. The molecule has 5 rings (SSSR count). The van der Waals surface area contributed by atoms with Crippen LogP contribution in [0.5, 0.6) is 0 Å². The average molecular weight is 477 g/mol. The summed E-state index contributed by atoms with van der Waals surface area (Å²) >= 11 is 1.43. The molecule has 3 aliphatic rings. The van der Waals surface area contributed by atoms with E-state index in [0.29, 0.717) is 34.6 Å². The molecule has 0 aromatic heterocycles. The van der Waals surface area contributed by atoms with Crippen molar-refractivity contribution in [3.63, 3.8) is 0 Å². The highest BCUT2D eigenvalue weighted by Gasteiger charge is 2.40. The fourth-order valence-electron chi connectivity index (χ4n) is 4.15. The van der Waals surface area contributed by atoms with E-state index in [1.165, 1.54) is 36.7 Å². The molecule has 1 unspecified atom stereocenters. The van der Waals surface area contributed by atoms with Crippen molar-refractivity contribution >= 4 is 34.4 Å². The zero-order chi connectivity index (χ0) is 23.7. The normalized spacial score (nSPS) is 19.4. The van der Waals surface area contributed by atoms with Crippen LogP contribution < -0.4 is 10.6 Å². The van der Waals surface area contributed by atoms with Gasteiger partial charge in [-0.05, 0) is 60.9 Å². The van der Waals surface area contributed by atoms with Gasteiger partial charge in [0, 0.05) is 17.9 Å². The van der Waals surface area contributed by atoms with Crippen molar-refractivity contribution in [3.8, 4) is 0 Å². The SMILES string of the molecule is CC1=C(C(=O)Nc2ccccc2)C(c2ccc(F)cc2)N2C(CC(=O)NCC3CC3)=CSC2=N1. The number of benzene rings is 2. The van der Waals surface area contributed by atoms with Crippen molar-refractivity contribution in [1.82, 2.24) is 10.2 Å². The van der Waals surface area contributed by atoms with Crippen molar-refractivity contribution in [2.45, 2.75) is 32.2 Å². The molecule has 6 nitrogen and oxygen atoms in total. The van der Waals surface area contributed by atoms with Gasteiger partial charge in [0.2, 0.25) is 5.91 Å². The first-order valence-electron chi connectivity index (χ1n) is 11.3. The number of anilines is 1. The molecule has 1 saturated carbocycles. The molecule has 2 amide bonds. The fraction of sp³-hybridized carbons (Fsp3) is 0.269. The zero-order valence-electron chi connectivity index (χ0n) is 18.8. The number of carbonyl (C=O) groups is 2. The van der Waals surface area contributed by atoms with E-state index in [1.54, 1.807) is 12.1 Å². The molecule has 2 N–H and O–H groups in total. The molecular formula is C26H25FN4O2S. The van der Waals surface area contributed by atoms with Crippen molar-refractivity contribution < 1.29 is 14.0 Å². The second-order valence-electron chi connectivity index (χ2n) is 8.69. The van der Waals surface area contributed by atoms with E-state index in [2.05, 4.69) is 15.6 Å². The standard InChI is InChI=1S/C26H25FN4O2S/c1-16-23(25(33)30-20-5-3-2-4-6-20)24(18-9-11-19(27)12-10-18)31-21(15-34-26(31)29-16)13-22(32)28-14-17-7-8-17/h2-6,9-12,15,17,24H,7-8,13-14H2,1H3,(H,28,32)(H,30,33). The number of aliphatic imine (C=N–C) groups is 1. The number of carbonyl (C=O) groups excluding carboxylic acids is 2. The highest BCUT2D eigenvalue weighted by Crippen LogP contribution is 2.44. The number of nitrogens with zero attached hydrogens (tertiary/aromatic N) is 2. The van der Waals surface area contributed by atoms with Crippen molar-refractivity contribution in [2.24, 2.45) is 10.9 Å². The first-order chi connectivity index (χ1) is 16.5. The van der Waals surface area contributed by atoms with Gasteiger partial charge in [-0.25, -0.2) is 9.38 Å². The van der Waals surface area contributed by atoms with E-state index in [9.17, 15) is 14.0 Å². The van der Waals surface area contributed by atoms with Crippen LogP contribution in [-0.4, -0.2) is 28.4 Å². The van der Waals surface area contributed by atoms with Crippen LogP contribution in [0.15, 0.2) is 82.0 Å². The lowest BCUT2D eigenvalue weighted by Crippen LogP contribution is -2.39. The Morgan fingerprint density at radius 1 is 1.12 bits per heavy atom. The molecule has 1 fully saturated rings.